The quantitative estimate of drug-likeness (QED) is 0.371. The molecule has 0 aliphatic carbocycles. The van der Waals surface area contributed by atoms with Crippen LogP contribution in [0.3, 0.4) is 0 Å². The summed E-state index contributed by atoms with van der Waals surface area (Å²) < 4.78 is 52.9. The predicted molar refractivity (Wildman–Crippen MR) is 111 cm³/mol. The predicted octanol–water partition coefficient (Wildman–Crippen LogP) is 1.55. The molecule has 10 heteroatoms. The van der Waals surface area contributed by atoms with Gasteiger partial charge in [-0.25, -0.2) is 21.9 Å². The normalized spacial score (nSPS) is 17.4. The molecule has 0 spiro atoms. The van der Waals surface area contributed by atoms with Gasteiger partial charge in [-0.3, -0.25) is 9.89 Å². The van der Waals surface area contributed by atoms with Crippen LogP contribution in [-0.2, 0) is 10.0 Å². The maximum absolute atomic E-state index is 14.2. The molecule has 1 aliphatic heterocycles. The minimum Gasteiger partial charge on any atom is -0.355 e. The van der Waals surface area contributed by atoms with Crippen LogP contribution in [0.15, 0.2) is 23.2 Å². The van der Waals surface area contributed by atoms with Crippen molar-refractivity contribution in [1.82, 2.24) is 19.8 Å². The highest BCUT2D eigenvalue weighted by Gasteiger charge is 2.27. The minimum atomic E-state index is -3.21. The Bertz CT molecular complexity index is 796. The van der Waals surface area contributed by atoms with E-state index in [0.29, 0.717) is 31.2 Å². The molecule has 1 unspecified atom stereocenters. The third kappa shape index (κ3) is 6.61. The van der Waals surface area contributed by atoms with Crippen LogP contribution in [0.2, 0.25) is 0 Å². The van der Waals surface area contributed by atoms with E-state index >= 15 is 0 Å². The van der Waals surface area contributed by atoms with E-state index in [-0.39, 0.29) is 18.3 Å². The van der Waals surface area contributed by atoms with Gasteiger partial charge < -0.3 is 10.2 Å². The van der Waals surface area contributed by atoms with Crippen LogP contribution in [0.4, 0.5) is 8.78 Å². The molecule has 1 aromatic carbocycles. The van der Waals surface area contributed by atoms with Gasteiger partial charge in [0.15, 0.2) is 5.96 Å². The van der Waals surface area contributed by atoms with E-state index in [9.17, 15) is 17.2 Å². The fraction of sp³-hybridized carbons (Fsp3) is 0.632. The summed E-state index contributed by atoms with van der Waals surface area (Å²) >= 11 is 0. The van der Waals surface area contributed by atoms with Crippen molar-refractivity contribution in [1.29, 1.82) is 0 Å². The average Bonchev–Trinajstić information content (AvgIpc) is 2.71. The highest BCUT2D eigenvalue weighted by molar-refractivity contribution is 7.89. The molecule has 1 saturated heterocycles. The highest BCUT2D eigenvalue weighted by atomic mass is 32.2. The molecule has 1 atom stereocenters. The second-order valence-corrected chi connectivity index (χ2v) is 8.98. The first-order chi connectivity index (χ1) is 13.8. The van der Waals surface area contributed by atoms with E-state index in [0.717, 1.165) is 25.6 Å². The maximum Gasteiger partial charge on any atom is 0.211 e. The first-order valence-corrected chi connectivity index (χ1v) is 11.6. The van der Waals surface area contributed by atoms with Crippen LogP contribution in [0.1, 0.15) is 31.9 Å². The molecule has 0 bridgehead atoms. The molecule has 1 aromatic rings. The van der Waals surface area contributed by atoms with Crippen molar-refractivity contribution in [3.05, 3.63) is 35.4 Å². The number of halogens is 2. The van der Waals surface area contributed by atoms with E-state index in [2.05, 4.69) is 24.8 Å². The Hall–Kier alpha value is -1.78. The molecule has 2 rings (SSSR count). The lowest BCUT2D eigenvalue weighted by Crippen LogP contribution is -2.53. The minimum absolute atomic E-state index is 0.0525. The number of guanidine groups is 1. The fourth-order valence-electron chi connectivity index (χ4n) is 3.51. The summed E-state index contributed by atoms with van der Waals surface area (Å²) in [5.41, 5.74) is 0.521. The number of sulfonamides is 1. The fourth-order valence-corrected chi connectivity index (χ4v) is 4.12. The summed E-state index contributed by atoms with van der Waals surface area (Å²) in [6.07, 6.45) is 0.729. The first kappa shape index (κ1) is 23.5. The Kier molecular flexibility index (Phi) is 8.79. The summed E-state index contributed by atoms with van der Waals surface area (Å²) in [7, 11) is -1.52. The third-order valence-corrected chi connectivity index (χ3v) is 6.49. The number of aliphatic imine (C=N–C) groups is 1. The number of nitrogens with one attached hydrogen (secondary N) is 2. The first-order valence-electron chi connectivity index (χ1n) is 9.93. The Balaban J connectivity index is 1.89. The van der Waals surface area contributed by atoms with Crippen LogP contribution in [0.25, 0.3) is 0 Å². The molecule has 1 heterocycles. The summed E-state index contributed by atoms with van der Waals surface area (Å²) in [4.78, 5) is 8.57. The molecule has 7 nitrogen and oxygen atoms in total. The van der Waals surface area contributed by atoms with Crippen molar-refractivity contribution in [2.75, 3.05) is 52.1 Å². The van der Waals surface area contributed by atoms with E-state index in [1.165, 1.54) is 12.1 Å². The molecule has 0 radical (unpaired) electrons. The SMILES string of the molecule is CCC(c1ccc(F)cc1F)N1CCN(C(=NC)NCCNS(=O)(=O)CC)CC1. The maximum atomic E-state index is 14.2. The smallest absolute Gasteiger partial charge is 0.211 e. The molecule has 2 N–H and O–H groups in total. The molecule has 0 aromatic heterocycles. The third-order valence-electron chi connectivity index (χ3n) is 5.08. The Morgan fingerprint density at radius 1 is 1.17 bits per heavy atom. The van der Waals surface area contributed by atoms with Gasteiger partial charge in [-0.15, -0.1) is 0 Å². The number of nitrogens with zero attached hydrogens (tertiary/aromatic N) is 3. The van der Waals surface area contributed by atoms with Crippen molar-refractivity contribution in [2.24, 2.45) is 4.99 Å². The van der Waals surface area contributed by atoms with Crippen molar-refractivity contribution in [3.8, 4) is 0 Å². The largest absolute Gasteiger partial charge is 0.355 e. The summed E-state index contributed by atoms with van der Waals surface area (Å²) in [6.45, 7) is 7.17. The zero-order valence-corrected chi connectivity index (χ0v) is 18.1. The monoisotopic (exact) mass is 431 g/mol. The van der Waals surface area contributed by atoms with Gasteiger partial charge in [-0.05, 0) is 19.4 Å². The molecular weight excluding hydrogens is 400 g/mol. The number of hydrogen-bond acceptors (Lipinski definition) is 4. The second kappa shape index (κ2) is 10.8. The van der Waals surface area contributed by atoms with Gasteiger partial charge in [0.2, 0.25) is 10.0 Å². The van der Waals surface area contributed by atoms with Crippen molar-refractivity contribution in [3.63, 3.8) is 0 Å². The van der Waals surface area contributed by atoms with Crippen molar-refractivity contribution >= 4 is 16.0 Å². The molecular formula is C19H31F2N5O2S. The van der Waals surface area contributed by atoms with Gasteiger partial charge in [0, 0.05) is 64.0 Å². The lowest BCUT2D eigenvalue weighted by Gasteiger charge is -2.40. The summed E-state index contributed by atoms with van der Waals surface area (Å²) in [6, 6.07) is 3.67. The molecule has 1 fully saturated rings. The van der Waals surface area contributed by atoms with Gasteiger partial charge >= 0.3 is 0 Å². The van der Waals surface area contributed by atoms with E-state index in [1.807, 2.05) is 6.92 Å². The van der Waals surface area contributed by atoms with Crippen LogP contribution < -0.4 is 10.0 Å². The topological polar surface area (TPSA) is 77.0 Å². The van der Waals surface area contributed by atoms with Gasteiger partial charge in [-0.2, -0.15) is 0 Å². The molecule has 1 aliphatic rings. The van der Waals surface area contributed by atoms with Crippen LogP contribution in [0.5, 0.6) is 0 Å². The Labute approximate surface area is 172 Å². The van der Waals surface area contributed by atoms with Gasteiger partial charge in [0.25, 0.3) is 0 Å². The van der Waals surface area contributed by atoms with E-state index in [4.69, 9.17) is 0 Å². The molecule has 0 saturated carbocycles. The van der Waals surface area contributed by atoms with Crippen molar-refractivity contribution < 1.29 is 17.2 Å². The van der Waals surface area contributed by atoms with Crippen molar-refractivity contribution in [2.45, 2.75) is 26.3 Å². The Morgan fingerprint density at radius 3 is 2.41 bits per heavy atom. The van der Waals surface area contributed by atoms with Gasteiger partial charge in [0.05, 0.1) is 5.75 Å². The number of rotatable bonds is 8. The molecule has 0 amide bonds. The zero-order chi connectivity index (χ0) is 21.4. The highest BCUT2D eigenvalue weighted by Crippen LogP contribution is 2.28. The standard InChI is InChI=1S/C19H31F2N5O2S/c1-4-18(16-7-6-15(20)14-17(16)21)25-10-12-26(13-11-25)19(22-3)23-8-9-24-29(27,28)5-2/h6-7,14,18,24H,4-5,8-13H2,1-3H3,(H,22,23). The van der Waals surface area contributed by atoms with E-state index in [1.54, 1.807) is 14.0 Å². The molecule has 29 heavy (non-hydrogen) atoms. The molecule has 164 valence electrons. The van der Waals surface area contributed by atoms with Crippen LogP contribution >= 0.6 is 0 Å². The second-order valence-electron chi connectivity index (χ2n) is 6.88. The van der Waals surface area contributed by atoms with Gasteiger partial charge in [-0.1, -0.05) is 13.0 Å². The summed E-state index contributed by atoms with van der Waals surface area (Å²) in [5, 5.41) is 3.17. The zero-order valence-electron chi connectivity index (χ0n) is 17.3. The summed E-state index contributed by atoms with van der Waals surface area (Å²) in [5.74, 6) is -0.314. The van der Waals surface area contributed by atoms with E-state index < -0.39 is 21.7 Å². The lowest BCUT2D eigenvalue weighted by molar-refractivity contribution is 0.124. The average molecular weight is 432 g/mol. The Morgan fingerprint density at radius 2 is 1.86 bits per heavy atom. The van der Waals surface area contributed by atoms with Crippen LogP contribution in [0, 0.1) is 11.6 Å². The van der Waals surface area contributed by atoms with Gasteiger partial charge in [0.1, 0.15) is 11.6 Å². The van der Waals surface area contributed by atoms with Crippen LogP contribution in [-0.4, -0.2) is 76.2 Å². The number of hydrogen-bond donors (Lipinski definition) is 2. The number of piperazine rings is 1. The number of benzene rings is 1. The lowest BCUT2D eigenvalue weighted by atomic mass is 10.0.